The topological polar surface area (TPSA) is 53.0 Å². The van der Waals surface area contributed by atoms with Crippen molar-refractivity contribution in [3.8, 4) is 0 Å². The maximum Gasteiger partial charge on any atom is 0.254 e. The Morgan fingerprint density at radius 2 is 1.77 bits per heavy atom. The van der Waals surface area contributed by atoms with Crippen LogP contribution in [-0.4, -0.2) is 53.9 Å². The van der Waals surface area contributed by atoms with Gasteiger partial charge in [0.05, 0.1) is 6.54 Å². The molecule has 1 saturated heterocycles. The fourth-order valence-corrected chi connectivity index (χ4v) is 5.00. The summed E-state index contributed by atoms with van der Waals surface area (Å²) in [4.78, 5) is 34.7. The van der Waals surface area contributed by atoms with E-state index in [-0.39, 0.29) is 11.7 Å². The first-order valence-corrected chi connectivity index (χ1v) is 11.1. The molecule has 1 unspecified atom stereocenters. The van der Waals surface area contributed by atoms with E-state index in [1.807, 2.05) is 71.6 Å². The van der Waals surface area contributed by atoms with Gasteiger partial charge in [0.1, 0.15) is 0 Å². The number of nitrogens with zero attached hydrogens (tertiary/aromatic N) is 3. The molecule has 1 atom stereocenters. The number of ketones is 1. The molecule has 3 aliphatic rings. The summed E-state index contributed by atoms with van der Waals surface area (Å²) in [5.41, 5.74) is 2.02. The van der Waals surface area contributed by atoms with E-state index in [1.54, 1.807) is 6.21 Å². The SMILES string of the molecule is O=C1c2ccccc2CN1CC1CCN(CC(=O)C2(c3ccccc3)C=CC=N2)CC1. The molecule has 0 radical (unpaired) electrons. The monoisotopic (exact) mass is 413 g/mol. The lowest BCUT2D eigenvalue weighted by atomic mass is 9.86. The average molecular weight is 414 g/mol. The van der Waals surface area contributed by atoms with Crippen molar-refractivity contribution in [1.29, 1.82) is 0 Å². The number of Topliss-reactive ketones (excluding diaryl/α,β-unsaturated/α-hetero) is 1. The van der Waals surface area contributed by atoms with Gasteiger partial charge in [-0.05, 0) is 61.2 Å². The van der Waals surface area contributed by atoms with E-state index in [0.29, 0.717) is 12.5 Å². The number of fused-ring (bicyclic) bond motifs is 1. The van der Waals surface area contributed by atoms with E-state index in [2.05, 4.69) is 9.89 Å². The first kappa shape index (κ1) is 19.9. The summed E-state index contributed by atoms with van der Waals surface area (Å²) in [6, 6.07) is 17.7. The molecule has 0 saturated carbocycles. The second kappa shape index (κ2) is 8.23. The van der Waals surface area contributed by atoms with Crippen molar-refractivity contribution in [2.75, 3.05) is 26.2 Å². The van der Waals surface area contributed by atoms with Crippen LogP contribution in [0, 0.1) is 5.92 Å². The summed E-state index contributed by atoms with van der Waals surface area (Å²) < 4.78 is 0. The highest BCUT2D eigenvalue weighted by molar-refractivity contribution is 5.98. The van der Waals surface area contributed by atoms with Gasteiger partial charge in [-0.1, -0.05) is 48.5 Å². The van der Waals surface area contributed by atoms with Gasteiger partial charge in [-0.15, -0.1) is 0 Å². The smallest absolute Gasteiger partial charge is 0.254 e. The Balaban J connectivity index is 1.17. The zero-order valence-corrected chi connectivity index (χ0v) is 17.6. The number of piperidine rings is 1. The van der Waals surface area contributed by atoms with Gasteiger partial charge in [-0.3, -0.25) is 19.5 Å². The van der Waals surface area contributed by atoms with Crippen LogP contribution in [0.4, 0.5) is 0 Å². The third-order valence-corrected chi connectivity index (χ3v) is 6.79. The fourth-order valence-electron chi connectivity index (χ4n) is 5.00. The highest BCUT2D eigenvalue weighted by Gasteiger charge is 2.39. The molecule has 3 aliphatic heterocycles. The molecule has 0 bridgehead atoms. The summed E-state index contributed by atoms with van der Waals surface area (Å²) >= 11 is 0. The predicted octanol–water partition coefficient (Wildman–Crippen LogP) is 3.46. The van der Waals surface area contributed by atoms with Crippen molar-refractivity contribution in [1.82, 2.24) is 9.80 Å². The van der Waals surface area contributed by atoms with Gasteiger partial charge in [-0.2, -0.15) is 0 Å². The van der Waals surface area contributed by atoms with Crippen LogP contribution in [0.15, 0.2) is 71.7 Å². The lowest BCUT2D eigenvalue weighted by molar-refractivity contribution is -0.124. The highest BCUT2D eigenvalue weighted by atomic mass is 16.2. The summed E-state index contributed by atoms with van der Waals surface area (Å²) in [7, 11) is 0. The third kappa shape index (κ3) is 3.74. The van der Waals surface area contributed by atoms with Crippen molar-refractivity contribution in [2.45, 2.75) is 24.9 Å². The van der Waals surface area contributed by atoms with E-state index in [0.717, 1.165) is 55.7 Å². The predicted molar refractivity (Wildman–Crippen MR) is 121 cm³/mol. The van der Waals surface area contributed by atoms with Crippen molar-refractivity contribution in [2.24, 2.45) is 10.9 Å². The van der Waals surface area contributed by atoms with Crippen LogP contribution >= 0.6 is 0 Å². The molecular formula is C26H27N3O2. The maximum absolute atomic E-state index is 13.3. The van der Waals surface area contributed by atoms with Crippen LogP contribution in [0.2, 0.25) is 0 Å². The molecule has 0 spiro atoms. The summed E-state index contributed by atoms with van der Waals surface area (Å²) in [5.74, 6) is 0.758. The van der Waals surface area contributed by atoms with Crippen LogP contribution in [-0.2, 0) is 16.9 Å². The molecule has 0 aliphatic carbocycles. The zero-order chi connectivity index (χ0) is 21.3. The molecule has 0 N–H and O–H groups in total. The molecular weight excluding hydrogens is 386 g/mol. The standard InChI is InChI=1S/C26H27N3O2/c30-24(26(13-6-14-27-26)22-8-2-1-3-9-22)19-28-15-11-20(12-16-28)17-29-18-21-7-4-5-10-23(21)25(29)31/h1-10,13-14,20H,11-12,15-19H2. The van der Waals surface area contributed by atoms with Crippen molar-refractivity contribution in [3.63, 3.8) is 0 Å². The average Bonchev–Trinajstić information content (AvgIpc) is 3.42. The molecule has 158 valence electrons. The van der Waals surface area contributed by atoms with E-state index in [9.17, 15) is 9.59 Å². The van der Waals surface area contributed by atoms with Crippen LogP contribution in [0.25, 0.3) is 0 Å². The first-order chi connectivity index (χ1) is 15.2. The van der Waals surface area contributed by atoms with Crippen molar-refractivity contribution >= 4 is 17.9 Å². The Hall–Kier alpha value is -3.05. The molecule has 2 aromatic rings. The van der Waals surface area contributed by atoms with Crippen molar-refractivity contribution < 1.29 is 9.59 Å². The van der Waals surface area contributed by atoms with E-state index < -0.39 is 5.54 Å². The van der Waals surface area contributed by atoms with Gasteiger partial charge in [0.25, 0.3) is 5.91 Å². The van der Waals surface area contributed by atoms with E-state index in [1.165, 1.54) is 0 Å². The Labute approximate surface area is 183 Å². The lowest BCUT2D eigenvalue weighted by Gasteiger charge is -2.35. The minimum absolute atomic E-state index is 0.118. The molecule has 3 heterocycles. The van der Waals surface area contributed by atoms with Crippen LogP contribution in [0.1, 0.15) is 34.3 Å². The molecule has 1 fully saturated rings. The first-order valence-electron chi connectivity index (χ1n) is 11.1. The van der Waals surface area contributed by atoms with Crippen LogP contribution in [0.5, 0.6) is 0 Å². The molecule has 31 heavy (non-hydrogen) atoms. The summed E-state index contributed by atoms with van der Waals surface area (Å²) in [6.45, 7) is 3.68. The Morgan fingerprint density at radius 1 is 1.03 bits per heavy atom. The summed E-state index contributed by atoms with van der Waals surface area (Å²) in [6.07, 6.45) is 7.51. The van der Waals surface area contributed by atoms with Gasteiger partial charge in [0, 0.05) is 24.9 Å². The molecule has 0 aromatic heterocycles. The number of likely N-dealkylation sites (tertiary alicyclic amines) is 1. The van der Waals surface area contributed by atoms with E-state index >= 15 is 0 Å². The number of carbonyl (C=O) groups excluding carboxylic acids is 2. The Morgan fingerprint density at radius 3 is 2.48 bits per heavy atom. The highest BCUT2D eigenvalue weighted by Crippen LogP contribution is 2.32. The number of amides is 1. The summed E-state index contributed by atoms with van der Waals surface area (Å²) in [5, 5.41) is 0. The number of allylic oxidation sites excluding steroid dienone is 1. The second-order valence-electron chi connectivity index (χ2n) is 8.76. The maximum atomic E-state index is 13.3. The van der Waals surface area contributed by atoms with Crippen LogP contribution in [0.3, 0.4) is 0 Å². The second-order valence-corrected chi connectivity index (χ2v) is 8.76. The number of rotatable bonds is 6. The van der Waals surface area contributed by atoms with Gasteiger partial charge >= 0.3 is 0 Å². The van der Waals surface area contributed by atoms with Gasteiger partial charge < -0.3 is 4.90 Å². The van der Waals surface area contributed by atoms with Gasteiger partial charge in [0.15, 0.2) is 11.3 Å². The molecule has 1 amide bonds. The number of hydrogen-bond donors (Lipinski definition) is 0. The molecule has 5 rings (SSSR count). The van der Waals surface area contributed by atoms with Gasteiger partial charge in [-0.25, -0.2) is 0 Å². The largest absolute Gasteiger partial charge is 0.334 e. The van der Waals surface area contributed by atoms with Crippen LogP contribution < -0.4 is 0 Å². The zero-order valence-electron chi connectivity index (χ0n) is 17.6. The fraction of sp³-hybridized carbons (Fsp3) is 0.346. The molecule has 2 aromatic carbocycles. The molecule has 5 heteroatoms. The minimum atomic E-state index is -0.883. The normalized spacial score (nSPS) is 23.5. The van der Waals surface area contributed by atoms with Crippen molar-refractivity contribution in [3.05, 3.63) is 83.4 Å². The number of carbonyl (C=O) groups is 2. The minimum Gasteiger partial charge on any atom is -0.334 e. The molecule has 5 nitrogen and oxygen atoms in total. The third-order valence-electron chi connectivity index (χ3n) is 6.79. The Kier molecular flexibility index (Phi) is 5.28. The lowest BCUT2D eigenvalue weighted by Crippen LogP contribution is -2.44. The number of benzene rings is 2. The quantitative estimate of drug-likeness (QED) is 0.729. The number of aliphatic imine (C=N–C) groups is 1. The number of hydrogen-bond acceptors (Lipinski definition) is 4. The Bertz CT molecular complexity index is 1020. The van der Waals surface area contributed by atoms with E-state index in [4.69, 9.17) is 0 Å². The van der Waals surface area contributed by atoms with Gasteiger partial charge in [0.2, 0.25) is 0 Å².